The Hall–Kier alpha value is -1.63. The number of carboxylic acids is 1. The summed E-state index contributed by atoms with van der Waals surface area (Å²) in [5, 5.41) is 8.61. The lowest BCUT2D eigenvalue weighted by Gasteiger charge is -2.34. The molecule has 1 rings (SSSR count). The number of hydrogen-bond donors (Lipinski definition) is 1. The van der Waals surface area contributed by atoms with Gasteiger partial charge in [-0.05, 0) is 6.92 Å². The average Bonchev–Trinajstić information content (AvgIpc) is 2.35. The number of piperazine rings is 1. The van der Waals surface area contributed by atoms with E-state index < -0.39 is 12.1 Å². The van der Waals surface area contributed by atoms with E-state index in [4.69, 9.17) is 9.84 Å². The molecule has 1 N–H and O–H groups in total. The van der Waals surface area contributed by atoms with Gasteiger partial charge in [0.1, 0.15) is 6.61 Å². The highest BCUT2D eigenvalue weighted by Gasteiger charge is 2.23. The third kappa shape index (κ3) is 3.99. The largest absolute Gasteiger partial charge is 0.479 e. The predicted octanol–water partition coefficient (Wildman–Crippen LogP) is -0.833. The molecule has 7 nitrogen and oxygen atoms in total. The van der Waals surface area contributed by atoms with Crippen LogP contribution in [0.1, 0.15) is 13.8 Å². The molecular formula is C11H18N2O5. The Kier molecular flexibility index (Phi) is 5.08. The lowest BCUT2D eigenvalue weighted by molar-refractivity contribution is -0.154. The number of hydrogen-bond acceptors (Lipinski definition) is 4. The lowest BCUT2D eigenvalue weighted by Crippen LogP contribution is -2.51. The molecule has 1 atom stereocenters. The second-order valence-corrected chi connectivity index (χ2v) is 4.18. The first-order chi connectivity index (χ1) is 8.41. The number of carbonyl (C=O) groups excluding carboxylic acids is 2. The van der Waals surface area contributed by atoms with E-state index in [0.29, 0.717) is 26.2 Å². The van der Waals surface area contributed by atoms with Gasteiger partial charge in [-0.15, -0.1) is 0 Å². The molecule has 0 aliphatic carbocycles. The lowest BCUT2D eigenvalue weighted by atomic mass is 10.3. The fraction of sp³-hybridized carbons (Fsp3) is 0.727. The molecule has 1 aliphatic heterocycles. The zero-order chi connectivity index (χ0) is 13.7. The Morgan fingerprint density at radius 1 is 1.17 bits per heavy atom. The van der Waals surface area contributed by atoms with Crippen molar-refractivity contribution in [2.45, 2.75) is 20.0 Å². The molecule has 0 aromatic rings. The summed E-state index contributed by atoms with van der Waals surface area (Å²) >= 11 is 0. The zero-order valence-corrected chi connectivity index (χ0v) is 10.6. The first-order valence-corrected chi connectivity index (χ1v) is 5.79. The van der Waals surface area contributed by atoms with Gasteiger partial charge in [0.15, 0.2) is 6.10 Å². The minimum absolute atomic E-state index is 0.00199. The summed E-state index contributed by atoms with van der Waals surface area (Å²) in [5.41, 5.74) is 0. The van der Waals surface area contributed by atoms with Crippen molar-refractivity contribution in [2.75, 3.05) is 32.8 Å². The molecule has 0 unspecified atom stereocenters. The molecule has 18 heavy (non-hydrogen) atoms. The van der Waals surface area contributed by atoms with Crippen LogP contribution in [0.4, 0.5) is 0 Å². The van der Waals surface area contributed by atoms with Crippen molar-refractivity contribution in [3.05, 3.63) is 0 Å². The van der Waals surface area contributed by atoms with Crippen LogP contribution in [-0.2, 0) is 19.1 Å². The zero-order valence-electron chi connectivity index (χ0n) is 10.6. The van der Waals surface area contributed by atoms with Crippen molar-refractivity contribution in [2.24, 2.45) is 0 Å². The molecular weight excluding hydrogens is 240 g/mol. The molecule has 0 bridgehead atoms. The smallest absolute Gasteiger partial charge is 0.332 e. The monoisotopic (exact) mass is 258 g/mol. The van der Waals surface area contributed by atoms with Gasteiger partial charge in [-0.25, -0.2) is 4.79 Å². The van der Waals surface area contributed by atoms with E-state index in [-0.39, 0.29) is 18.4 Å². The van der Waals surface area contributed by atoms with E-state index in [9.17, 15) is 14.4 Å². The highest BCUT2D eigenvalue weighted by atomic mass is 16.5. The summed E-state index contributed by atoms with van der Waals surface area (Å²) in [5.74, 6) is -1.34. The molecule has 0 radical (unpaired) electrons. The van der Waals surface area contributed by atoms with Crippen LogP contribution in [0.3, 0.4) is 0 Å². The van der Waals surface area contributed by atoms with Gasteiger partial charge in [0, 0.05) is 33.1 Å². The molecule has 2 amide bonds. The van der Waals surface area contributed by atoms with Gasteiger partial charge in [-0.2, -0.15) is 0 Å². The number of carbonyl (C=O) groups is 3. The summed E-state index contributed by atoms with van der Waals surface area (Å²) in [6.45, 7) is 4.57. The molecule has 1 fully saturated rings. The van der Waals surface area contributed by atoms with Crippen LogP contribution in [-0.4, -0.2) is 71.6 Å². The quantitative estimate of drug-likeness (QED) is 0.711. The maximum atomic E-state index is 11.7. The van der Waals surface area contributed by atoms with Crippen LogP contribution in [0.15, 0.2) is 0 Å². The van der Waals surface area contributed by atoms with Crippen molar-refractivity contribution in [3.8, 4) is 0 Å². The molecule has 7 heteroatoms. The first kappa shape index (κ1) is 14.4. The SMILES string of the molecule is CC(=O)N1CCN(C(=O)CO[C@H](C)C(=O)O)CC1. The minimum atomic E-state index is -1.09. The summed E-state index contributed by atoms with van der Waals surface area (Å²) in [6, 6.07) is 0. The van der Waals surface area contributed by atoms with Gasteiger partial charge in [0.05, 0.1) is 0 Å². The molecule has 1 heterocycles. The van der Waals surface area contributed by atoms with Crippen molar-refractivity contribution in [1.29, 1.82) is 0 Å². The van der Waals surface area contributed by atoms with E-state index in [1.165, 1.54) is 13.8 Å². The van der Waals surface area contributed by atoms with Crippen LogP contribution < -0.4 is 0 Å². The van der Waals surface area contributed by atoms with E-state index in [0.717, 1.165) is 0 Å². The van der Waals surface area contributed by atoms with Crippen LogP contribution in [0, 0.1) is 0 Å². The fourth-order valence-electron chi connectivity index (χ4n) is 1.63. The Morgan fingerprint density at radius 3 is 2.11 bits per heavy atom. The summed E-state index contributed by atoms with van der Waals surface area (Å²) in [7, 11) is 0. The molecule has 1 aliphatic rings. The van der Waals surface area contributed by atoms with E-state index in [1.54, 1.807) is 9.80 Å². The molecule has 0 spiro atoms. The second-order valence-electron chi connectivity index (χ2n) is 4.18. The number of ether oxygens (including phenoxy) is 1. The summed E-state index contributed by atoms with van der Waals surface area (Å²) in [6.07, 6.45) is -0.993. The molecule has 0 aromatic carbocycles. The highest BCUT2D eigenvalue weighted by Crippen LogP contribution is 2.03. The van der Waals surface area contributed by atoms with Crippen LogP contribution in [0.5, 0.6) is 0 Å². The predicted molar refractivity (Wildman–Crippen MR) is 61.9 cm³/mol. The average molecular weight is 258 g/mol. The second kappa shape index (κ2) is 6.34. The Labute approximate surface area is 105 Å². The molecule has 0 aromatic heterocycles. The standard InChI is InChI=1S/C11H18N2O5/c1-8(11(16)17)18-7-10(15)13-5-3-12(4-6-13)9(2)14/h8H,3-7H2,1-2H3,(H,16,17)/t8-/m1/s1. The number of aliphatic carboxylic acids is 1. The van der Waals surface area contributed by atoms with Gasteiger partial charge in [0.25, 0.3) is 0 Å². The van der Waals surface area contributed by atoms with Crippen LogP contribution >= 0.6 is 0 Å². The van der Waals surface area contributed by atoms with Gasteiger partial charge in [-0.1, -0.05) is 0 Å². The van der Waals surface area contributed by atoms with Gasteiger partial charge >= 0.3 is 5.97 Å². The number of nitrogens with zero attached hydrogens (tertiary/aromatic N) is 2. The molecule has 1 saturated heterocycles. The molecule has 0 saturated carbocycles. The van der Waals surface area contributed by atoms with E-state index >= 15 is 0 Å². The van der Waals surface area contributed by atoms with Crippen molar-refractivity contribution < 1.29 is 24.2 Å². The first-order valence-electron chi connectivity index (χ1n) is 5.79. The van der Waals surface area contributed by atoms with Crippen LogP contribution in [0.2, 0.25) is 0 Å². The fourth-order valence-corrected chi connectivity index (χ4v) is 1.63. The Balaban J connectivity index is 2.32. The van der Waals surface area contributed by atoms with Crippen molar-refractivity contribution >= 4 is 17.8 Å². The normalized spacial score (nSPS) is 17.4. The summed E-state index contributed by atoms with van der Waals surface area (Å²) in [4.78, 5) is 36.6. The maximum Gasteiger partial charge on any atom is 0.332 e. The topological polar surface area (TPSA) is 87.2 Å². The van der Waals surface area contributed by atoms with Crippen LogP contribution in [0.25, 0.3) is 0 Å². The van der Waals surface area contributed by atoms with E-state index in [2.05, 4.69) is 0 Å². The van der Waals surface area contributed by atoms with Gasteiger partial charge in [-0.3, -0.25) is 9.59 Å². The maximum absolute atomic E-state index is 11.7. The number of amides is 2. The Morgan fingerprint density at radius 2 is 1.67 bits per heavy atom. The van der Waals surface area contributed by atoms with E-state index in [1.807, 2.05) is 0 Å². The minimum Gasteiger partial charge on any atom is -0.479 e. The number of rotatable bonds is 4. The highest BCUT2D eigenvalue weighted by molar-refractivity contribution is 5.79. The Bertz CT molecular complexity index is 336. The third-order valence-corrected chi connectivity index (χ3v) is 2.88. The molecule has 102 valence electrons. The van der Waals surface area contributed by atoms with Crippen molar-refractivity contribution in [3.63, 3.8) is 0 Å². The van der Waals surface area contributed by atoms with Crippen molar-refractivity contribution in [1.82, 2.24) is 9.80 Å². The van der Waals surface area contributed by atoms with Gasteiger partial charge in [0.2, 0.25) is 11.8 Å². The third-order valence-electron chi connectivity index (χ3n) is 2.88. The van der Waals surface area contributed by atoms with Gasteiger partial charge < -0.3 is 19.6 Å². The number of carboxylic acid groups (broad SMARTS) is 1. The summed E-state index contributed by atoms with van der Waals surface area (Å²) < 4.78 is 4.92.